The smallest absolute Gasteiger partial charge is 0.358 e. The van der Waals surface area contributed by atoms with Crippen molar-refractivity contribution in [3.05, 3.63) is 72.1 Å². The molecule has 1 atom stereocenters. The van der Waals surface area contributed by atoms with Crippen LogP contribution >= 0.6 is 11.8 Å². The Morgan fingerprint density at radius 2 is 2.07 bits per heavy atom. The summed E-state index contributed by atoms with van der Waals surface area (Å²) in [5.74, 6) is -0.477. The third-order valence-corrected chi connectivity index (χ3v) is 5.71. The molecule has 6 nitrogen and oxygen atoms in total. The number of ether oxygens (including phenoxy) is 1. The lowest BCUT2D eigenvalue weighted by Crippen LogP contribution is -2.24. The highest BCUT2D eigenvalue weighted by molar-refractivity contribution is 8.01. The van der Waals surface area contributed by atoms with Gasteiger partial charge in [-0.3, -0.25) is 4.79 Å². The highest BCUT2D eigenvalue weighted by atomic mass is 32.2. The molecule has 0 spiro atoms. The Bertz CT molecular complexity index is 1010. The van der Waals surface area contributed by atoms with Gasteiger partial charge in [0.15, 0.2) is 5.69 Å². The van der Waals surface area contributed by atoms with Crippen molar-refractivity contribution in [2.45, 2.75) is 23.5 Å². The van der Waals surface area contributed by atoms with Crippen LogP contribution in [0.1, 0.15) is 23.0 Å². The van der Waals surface area contributed by atoms with Crippen LogP contribution in [0.25, 0.3) is 5.69 Å². The van der Waals surface area contributed by atoms with Crippen LogP contribution in [0.5, 0.6) is 0 Å². The number of nitrogens with one attached hydrogen (secondary N) is 1. The van der Waals surface area contributed by atoms with Crippen LogP contribution in [0, 0.1) is 0 Å². The summed E-state index contributed by atoms with van der Waals surface area (Å²) in [6, 6.07) is 17.1. The van der Waals surface area contributed by atoms with Gasteiger partial charge in [-0.1, -0.05) is 24.3 Å². The Balaban J connectivity index is 1.46. The van der Waals surface area contributed by atoms with Crippen molar-refractivity contribution in [1.29, 1.82) is 0 Å². The molecule has 1 unspecified atom stereocenters. The highest BCUT2D eigenvalue weighted by Crippen LogP contribution is 2.37. The first-order valence-electron chi connectivity index (χ1n) is 9.02. The van der Waals surface area contributed by atoms with Crippen LogP contribution in [-0.4, -0.2) is 33.5 Å². The minimum Gasteiger partial charge on any atom is -0.461 e. The van der Waals surface area contributed by atoms with E-state index in [1.807, 2.05) is 42.5 Å². The minimum atomic E-state index is -0.455. The molecule has 1 aliphatic rings. The van der Waals surface area contributed by atoms with Crippen LogP contribution < -0.4 is 5.32 Å². The number of fused-ring (bicyclic) bond motifs is 1. The molecule has 1 aromatic heterocycles. The predicted molar refractivity (Wildman–Crippen MR) is 108 cm³/mol. The summed E-state index contributed by atoms with van der Waals surface area (Å²) in [6.07, 6.45) is 2.42. The first-order chi connectivity index (χ1) is 13.6. The molecule has 7 heteroatoms. The number of anilines is 1. The van der Waals surface area contributed by atoms with E-state index in [4.69, 9.17) is 4.74 Å². The van der Waals surface area contributed by atoms with Crippen LogP contribution in [0.15, 0.2) is 65.7 Å². The highest BCUT2D eigenvalue weighted by Gasteiger charge is 2.28. The monoisotopic (exact) mass is 393 g/mol. The van der Waals surface area contributed by atoms with Gasteiger partial charge in [-0.25, -0.2) is 9.48 Å². The molecule has 28 heavy (non-hydrogen) atoms. The van der Waals surface area contributed by atoms with Gasteiger partial charge < -0.3 is 10.1 Å². The molecule has 2 aromatic carbocycles. The molecule has 1 N–H and O–H groups in total. The Hall–Kier alpha value is -3.06. The number of carbonyl (C=O) groups is 2. The van der Waals surface area contributed by atoms with Gasteiger partial charge in [-0.05, 0) is 49.2 Å². The molecular weight excluding hydrogens is 374 g/mol. The van der Waals surface area contributed by atoms with E-state index in [0.29, 0.717) is 12.3 Å². The van der Waals surface area contributed by atoms with E-state index in [1.165, 1.54) is 10.5 Å². The zero-order valence-corrected chi connectivity index (χ0v) is 16.1. The summed E-state index contributed by atoms with van der Waals surface area (Å²) in [6.45, 7) is 2.05. The summed E-state index contributed by atoms with van der Waals surface area (Å²) >= 11 is 1.59. The lowest BCUT2D eigenvalue weighted by atomic mass is 10.1. The zero-order chi connectivity index (χ0) is 19.5. The molecule has 0 aliphatic carbocycles. The predicted octanol–water partition coefficient (Wildman–Crippen LogP) is 3.70. The van der Waals surface area contributed by atoms with E-state index < -0.39 is 5.97 Å². The molecule has 0 radical (unpaired) electrons. The van der Waals surface area contributed by atoms with Gasteiger partial charge in [0.05, 0.1) is 17.5 Å². The molecule has 3 aromatic rings. The maximum Gasteiger partial charge on any atom is 0.358 e. The van der Waals surface area contributed by atoms with E-state index in [1.54, 1.807) is 35.6 Å². The number of esters is 1. The number of thioether (sulfide) groups is 1. The van der Waals surface area contributed by atoms with Crippen LogP contribution in [0.3, 0.4) is 0 Å². The maximum atomic E-state index is 12.7. The maximum absolute atomic E-state index is 12.7. The molecule has 0 bridgehead atoms. The third kappa shape index (κ3) is 3.80. The summed E-state index contributed by atoms with van der Waals surface area (Å²) in [5.41, 5.74) is 2.89. The van der Waals surface area contributed by atoms with Crippen molar-refractivity contribution in [3.63, 3.8) is 0 Å². The van der Waals surface area contributed by atoms with Crippen LogP contribution in [0.4, 0.5) is 5.69 Å². The number of hydrogen-bond acceptors (Lipinski definition) is 5. The van der Waals surface area contributed by atoms with Crippen molar-refractivity contribution >= 4 is 29.3 Å². The largest absolute Gasteiger partial charge is 0.461 e. The second-order valence-corrected chi connectivity index (χ2v) is 7.57. The van der Waals surface area contributed by atoms with Gasteiger partial charge in [-0.15, -0.1) is 11.8 Å². The molecule has 0 fully saturated rings. The number of carbonyl (C=O) groups excluding carboxylic acids is 2. The lowest BCUT2D eigenvalue weighted by Gasteiger charge is -2.11. The topological polar surface area (TPSA) is 73.2 Å². The summed E-state index contributed by atoms with van der Waals surface area (Å²) in [5, 5.41) is 7.10. The average molecular weight is 393 g/mol. The standard InChI is InChI=1S/C21H19N3O3S/c1-2-27-21(26)17-10-11-24(23-17)16-8-5-7-15(13-16)22-20(25)19-12-14-6-3-4-9-18(14)28-19/h3-11,13,19H,2,12H2,1H3,(H,22,25). The normalized spacial score (nSPS) is 15.1. The lowest BCUT2D eigenvalue weighted by molar-refractivity contribution is -0.115. The molecule has 1 aliphatic heterocycles. The van der Waals surface area contributed by atoms with Crippen molar-refractivity contribution in [1.82, 2.24) is 9.78 Å². The molecule has 4 rings (SSSR count). The second-order valence-electron chi connectivity index (χ2n) is 6.32. The van der Waals surface area contributed by atoms with E-state index in [0.717, 1.165) is 12.1 Å². The van der Waals surface area contributed by atoms with Gasteiger partial charge in [-0.2, -0.15) is 5.10 Å². The SMILES string of the molecule is CCOC(=O)c1ccn(-c2cccc(NC(=O)C3Cc4ccccc4S3)c2)n1. The Kier molecular flexibility index (Phi) is 5.16. The van der Waals surface area contributed by atoms with E-state index >= 15 is 0 Å². The molecule has 0 saturated carbocycles. The quantitative estimate of drug-likeness (QED) is 0.669. The molecule has 0 saturated heterocycles. The fourth-order valence-electron chi connectivity index (χ4n) is 3.06. The summed E-state index contributed by atoms with van der Waals surface area (Å²) in [7, 11) is 0. The number of amides is 1. The summed E-state index contributed by atoms with van der Waals surface area (Å²) in [4.78, 5) is 25.6. The minimum absolute atomic E-state index is 0.0222. The van der Waals surface area contributed by atoms with E-state index in [-0.39, 0.29) is 16.9 Å². The van der Waals surface area contributed by atoms with Crippen molar-refractivity contribution < 1.29 is 14.3 Å². The summed E-state index contributed by atoms with van der Waals surface area (Å²) < 4.78 is 6.55. The van der Waals surface area contributed by atoms with Crippen molar-refractivity contribution in [3.8, 4) is 5.69 Å². The van der Waals surface area contributed by atoms with E-state index in [9.17, 15) is 9.59 Å². The van der Waals surface area contributed by atoms with Gasteiger partial charge in [0, 0.05) is 16.8 Å². The van der Waals surface area contributed by atoms with Crippen molar-refractivity contribution in [2.24, 2.45) is 0 Å². The fraction of sp³-hybridized carbons (Fsp3) is 0.190. The number of hydrogen-bond donors (Lipinski definition) is 1. The molecule has 142 valence electrons. The van der Waals surface area contributed by atoms with Gasteiger partial charge >= 0.3 is 5.97 Å². The van der Waals surface area contributed by atoms with Gasteiger partial charge in [0.2, 0.25) is 5.91 Å². The second kappa shape index (κ2) is 7.90. The third-order valence-electron chi connectivity index (χ3n) is 4.39. The fourth-order valence-corrected chi connectivity index (χ4v) is 4.25. The Morgan fingerprint density at radius 1 is 1.21 bits per heavy atom. The van der Waals surface area contributed by atoms with E-state index in [2.05, 4.69) is 16.5 Å². The van der Waals surface area contributed by atoms with Gasteiger partial charge in [0.1, 0.15) is 0 Å². The first kappa shape index (κ1) is 18.3. The average Bonchev–Trinajstić information content (AvgIpc) is 3.36. The molecule has 1 amide bonds. The number of rotatable bonds is 5. The molecular formula is C21H19N3O3S. The van der Waals surface area contributed by atoms with Gasteiger partial charge in [0.25, 0.3) is 0 Å². The number of nitrogens with zero attached hydrogens (tertiary/aromatic N) is 2. The first-order valence-corrected chi connectivity index (χ1v) is 9.90. The van der Waals surface area contributed by atoms with Crippen LogP contribution in [0.2, 0.25) is 0 Å². The van der Waals surface area contributed by atoms with Crippen LogP contribution in [-0.2, 0) is 16.0 Å². The molecule has 2 heterocycles. The Labute approximate surface area is 166 Å². The van der Waals surface area contributed by atoms with Crippen molar-refractivity contribution in [2.75, 3.05) is 11.9 Å². The number of benzene rings is 2. The zero-order valence-electron chi connectivity index (χ0n) is 15.3. The Morgan fingerprint density at radius 3 is 2.89 bits per heavy atom. The number of aromatic nitrogens is 2.